The van der Waals surface area contributed by atoms with Crippen LogP contribution in [0.4, 0.5) is 0 Å². The monoisotopic (exact) mass is 293 g/mol. The molecule has 0 aromatic carbocycles. The van der Waals surface area contributed by atoms with E-state index in [2.05, 4.69) is 32.3 Å². The second kappa shape index (κ2) is 6.56. The SMILES string of the molecule is CC(CNC(=O)c1n[nH]c(C(C)(C)C)n1)CN1CCCC1. The maximum Gasteiger partial charge on any atom is 0.290 e. The van der Waals surface area contributed by atoms with Gasteiger partial charge in [-0.2, -0.15) is 0 Å². The van der Waals surface area contributed by atoms with Crippen LogP contribution in [-0.4, -0.2) is 52.2 Å². The van der Waals surface area contributed by atoms with Gasteiger partial charge >= 0.3 is 0 Å². The highest BCUT2D eigenvalue weighted by molar-refractivity contribution is 5.90. The summed E-state index contributed by atoms with van der Waals surface area (Å²) in [5, 5.41) is 9.77. The van der Waals surface area contributed by atoms with Crippen LogP contribution in [0.1, 0.15) is 57.0 Å². The average molecular weight is 293 g/mol. The molecule has 1 aromatic heterocycles. The molecule has 21 heavy (non-hydrogen) atoms. The zero-order chi connectivity index (χ0) is 15.5. The lowest BCUT2D eigenvalue weighted by Crippen LogP contribution is -2.34. The van der Waals surface area contributed by atoms with Gasteiger partial charge in [-0.15, -0.1) is 5.10 Å². The van der Waals surface area contributed by atoms with Crippen molar-refractivity contribution in [2.75, 3.05) is 26.2 Å². The number of carbonyl (C=O) groups excluding carboxylic acids is 1. The van der Waals surface area contributed by atoms with Crippen LogP contribution in [0, 0.1) is 5.92 Å². The van der Waals surface area contributed by atoms with Crippen LogP contribution in [0.3, 0.4) is 0 Å². The summed E-state index contributed by atoms with van der Waals surface area (Å²) in [5.41, 5.74) is -0.130. The van der Waals surface area contributed by atoms with Gasteiger partial charge < -0.3 is 10.2 Å². The van der Waals surface area contributed by atoms with E-state index in [1.165, 1.54) is 25.9 Å². The van der Waals surface area contributed by atoms with Gasteiger partial charge in [-0.1, -0.05) is 27.7 Å². The fraction of sp³-hybridized carbons (Fsp3) is 0.800. The molecule has 0 spiro atoms. The molecule has 2 rings (SSSR count). The molecule has 1 unspecified atom stereocenters. The molecule has 1 amide bonds. The third-order valence-corrected chi connectivity index (χ3v) is 3.78. The van der Waals surface area contributed by atoms with E-state index in [1.807, 2.05) is 20.8 Å². The molecule has 1 saturated heterocycles. The number of hydrogen-bond donors (Lipinski definition) is 2. The van der Waals surface area contributed by atoms with E-state index in [-0.39, 0.29) is 17.1 Å². The van der Waals surface area contributed by atoms with Crippen molar-refractivity contribution in [1.29, 1.82) is 0 Å². The number of amides is 1. The van der Waals surface area contributed by atoms with Gasteiger partial charge in [0.2, 0.25) is 5.82 Å². The number of nitrogens with one attached hydrogen (secondary N) is 2. The molecule has 1 fully saturated rings. The Balaban J connectivity index is 1.79. The molecular formula is C15H27N5O. The minimum absolute atomic E-state index is 0.130. The summed E-state index contributed by atoms with van der Waals surface area (Å²) >= 11 is 0. The fourth-order valence-corrected chi connectivity index (χ4v) is 2.52. The highest BCUT2D eigenvalue weighted by atomic mass is 16.2. The first kappa shape index (κ1) is 15.9. The maximum atomic E-state index is 12.1. The molecule has 6 nitrogen and oxygen atoms in total. The summed E-state index contributed by atoms with van der Waals surface area (Å²) < 4.78 is 0. The van der Waals surface area contributed by atoms with E-state index < -0.39 is 0 Å². The Morgan fingerprint density at radius 2 is 2.05 bits per heavy atom. The Labute approximate surface area is 126 Å². The number of likely N-dealkylation sites (tertiary alicyclic amines) is 1. The molecule has 0 radical (unpaired) electrons. The predicted molar refractivity (Wildman–Crippen MR) is 82.3 cm³/mol. The van der Waals surface area contributed by atoms with Crippen molar-refractivity contribution in [3.8, 4) is 0 Å². The highest BCUT2D eigenvalue weighted by Crippen LogP contribution is 2.17. The molecule has 2 heterocycles. The van der Waals surface area contributed by atoms with Crippen LogP contribution in [0.2, 0.25) is 0 Å². The van der Waals surface area contributed by atoms with Gasteiger partial charge in [-0.05, 0) is 31.8 Å². The fourth-order valence-electron chi connectivity index (χ4n) is 2.52. The second-order valence-electron chi connectivity index (χ2n) is 7.08. The van der Waals surface area contributed by atoms with Gasteiger partial charge in [0.25, 0.3) is 5.91 Å². The molecule has 0 saturated carbocycles. The predicted octanol–water partition coefficient (Wildman–Crippen LogP) is 1.56. The first-order chi connectivity index (χ1) is 9.86. The highest BCUT2D eigenvalue weighted by Gasteiger charge is 2.21. The topological polar surface area (TPSA) is 73.9 Å². The quantitative estimate of drug-likeness (QED) is 0.864. The van der Waals surface area contributed by atoms with Crippen LogP contribution in [0.5, 0.6) is 0 Å². The van der Waals surface area contributed by atoms with Crippen molar-refractivity contribution in [2.24, 2.45) is 5.92 Å². The summed E-state index contributed by atoms with van der Waals surface area (Å²) in [6.07, 6.45) is 2.59. The Bertz CT molecular complexity index is 471. The third-order valence-electron chi connectivity index (χ3n) is 3.78. The largest absolute Gasteiger partial charge is 0.349 e. The van der Waals surface area contributed by atoms with E-state index in [9.17, 15) is 4.79 Å². The molecule has 1 aliphatic heterocycles. The van der Waals surface area contributed by atoms with Crippen LogP contribution in [0.15, 0.2) is 0 Å². The van der Waals surface area contributed by atoms with Crippen molar-refractivity contribution in [3.05, 3.63) is 11.6 Å². The van der Waals surface area contributed by atoms with Crippen LogP contribution in [-0.2, 0) is 5.41 Å². The van der Waals surface area contributed by atoms with E-state index in [0.29, 0.717) is 12.5 Å². The van der Waals surface area contributed by atoms with Gasteiger partial charge in [0.15, 0.2) is 0 Å². The standard InChI is InChI=1S/C15H27N5O/c1-11(10-20-7-5-6-8-20)9-16-13(21)12-17-14(19-18-12)15(2,3)4/h11H,5-10H2,1-4H3,(H,16,21)(H,17,18,19). The van der Waals surface area contributed by atoms with Gasteiger partial charge in [-0.3, -0.25) is 9.89 Å². The summed E-state index contributed by atoms with van der Waals surface area (Å²) in [7, 11) is 0. The van der Waals surface area contributed by atoms with Crippen molar-refractivity contribution >= 4 is 5.91 Å². The second-order valence-corrected chi connectivity index (χ2v) is 7.08. The number of nitrogens with zero attached hydrogens (tertiary/aromatic N) is 3. The first-order valence-electron chi connectivity index (χ1n) is 7.79. The Morgan fingerprint density at radius 1 is 1.38 bits per heavy atom. The van der Waals surface area contributed by atoms with E-state index in [0.717, 1.165) is 12.4 Å². The van der Waals surface area contributed by atoms with Crippen molar-refractivity contribution in [3.63, 3.8) is 0 Å². The number of aromatic amines is 1. The molecule has 2 N–H and O–H groups in total. The summed E-state index contributed by atoms with van der Waals surface area (Å²) in [6.45, 7) is 12.4. The van der Waals surface area contributed by atoms with Crippen LogP contribution in [0.25, 0.3) is 0 Å². The smallest absolute Gasteiger partial charge is 0.290 e. The average Bonchev–Trinajstić information content (AvgIpc) is 3.05. The summed E-state index contributed by atoms with van der Waals surface area (Å²) in [4.78, 5) is 18.8. The lowest BCUT2D eigenvalue weighted by atomic mass is 9.96. The van der Waals surface area contributed by atoms with Crippen LogP contribution < -0.4 is 5.32 Å². The molecule has 0 aliphatic carbocycles. The van der Waals surface area contributed by atoms with Crippen molar-refractivity contribution in [1.82, 2.24) is 25.4 Å². The number of rotatable bonds is 5. The Hall–Kier alpha value is -1.43. The minimum atomic E-state index is -0.199. The normalized spacial score (nSPS) is 17.9. The van der Waals surface area contributed by atoms with Gasteiger partial charge in [0, 0.05) is 18.5 Å². The molecular weight excluding hydrogens is 266 g/mol. The van der Waals surface area contributed by atoms with Crippen LogP contribution >= 0.6 is 0 Å². The van der Waals surface area contributed by atoms with E-state index in [4.69, 9.17) is 0 Å². The Kier molecular flexibility index (Phi) is 4.98. The van der Waals surface area contributed by atoms with Gasteiger partial charge in [-0.25, -0.2) is 4.98 Å². The lowest BCUT2D eigenvalue weighted by Gasteiger charge is -2.20. The lowest BCUT2D eigenvalue weighted by molar-refractivity contribution is 0.0935. The number of carbonyl (C=O) groups is 1. The van der Waals surface area contributed by atoms with Gasteiger partial charge in [0.05, 0.1) is 0 Å². The zero-order valence-electron chi connectivity index (χ0n) is 13.6. The molecule has 1 aromatic rings. The molecule has 1 aliphatic rings. The zero-order valence-corrected chi connectivity index (χ0v) is 13.6. The van der Waals surface area contributed by atoms with Crippen molar-refractivity contribution in [2.45, 2.75) is 46.0 Å². The number of hydrogen-bond acceptors (Lipinski definition) is 4. The summed E-state index contributed by atoms with van der Waals surface area (Å²) in [5.74, 6) is 1.20. The van der Waals surface area contributed by atoms with E-state index >= 15 is 0 Å². The van der Waals surface area contributed by atoms with E-state index in [1.54, 1.807) is 0 Å². The molecule has 0 bridgehead atoms. The number of aromatic nitrogens is 3. The molecule has 118 valence electrons. The maximum absolute atomic E-state index is 12.1. The minimum Gasteiger partial charge on any atom is -0.349 e. The molecule has 1 atom stereocenters. The first-order valence-corrected chi connectivity index (χ1v) is 7.79. The third kappa shape index (κ3) is 4.52. The molecule has 6 heteroatoms. The number of H-pyrrole nitrogens is 1. The Morgan fingerprint density at radius 3 is 2.62 bits per heavy atom. The van der Waals surface area contributed by atoms with Crippen molar-refractivity contribution < 1.29 is 4.79 Å². The summed E-state index contributed by atoms with van der Waals surface area (Å²) in [6, 6.07) is 0. The van der Waals surface area contributed by atoms with Gasteiger partial charge in [0.1, 0.15) is 5.82 Å².